The van der Waals surface area contributed by atoms with Gasteiger partial charge < -0.3 is 10.3 Å². The van der Waals surface area contributed by atoms with E-state index in [1.54, 1.807) is 18.3 Å². The Hall–Kier alpha value is -1.15. The van der Waals surface area contributed by atoms with Crippen LogP contribution in [0.5, 0.6) is 0 Å². The zero-order valence-corrected chi connectivity index (χ0v) is 15.3. The molecule has 134 valence electrons. The predicted octanol–water partition coefficient (Wildman–Crippen LogP) is 2.58. The zero-order chi connectivity index (χ0) is 16.1. The first kappa shape index (κ1) is 19.2. The average Bonchev–Trinajstić information content (AvgIpc) is 2.82. The van der Waals surface area contributed by atoms with Gasteiger partial charge in [-0.15, -0.1) is 12.4 Å². The molecule has 1 aliphatic rings. The Morgan fingerprint density at radius 2 is 1.92 bits per heavy atom. The van der Waals surface area contributed by atoms with Gasteiger partial charge in [0, 0.05) is 36.9 Å². The standard InChI is InChI=1S/C16H24N4O2S.ClH/c21-23(22,15-12-19-16-14(15)8-5-9-18-16)20-11-10-17-13-6-3-1-2-4-7-13;/h5,8-9,12-13,17,20H,1-4,6-7,10-11H2,(H,18,19);1H. The summed E-state index contributed by atoms with van der Waals surface area (Å²) in [5.74, 6) is 0. The molecule has 2 aromatic heterocycles. The lowest BCUT2D eigenvalue weighted by atomic mass is 10.1. The summed E-state index contributed by atoms with van der Waals surface area (Å²) < 4.78 is 27.5. The largest absolute Gasteiger partial charge is 0.345 e. The van der Waals surface area contributed by atoms with Crippen molar-refractivity contribution >= 4 is 33.5 Å². The molecule has 0 bridgehead atoms. The highest BCUT2D eigenvalue weighted by atomic mass is 35.5. The van der Waals surface area contributed by atoms with Crippen molar-refractivity contribution in [3.05, 3.63) is 24.5 Å². The predicted molar refractivity (Wildman–Crippen MR) is 98.0 cm³/mol. The van der Waals surface area contributed by atoms with Crippen LogP contribution < -0.4 is 10.0 Å². The molecule has 3 rings (SSSR count). The molecular formula is C16H25ClN4O2S. The number of aromatic nitrogens is 2. The molecule has 1 aliphatic carbocycles. The number of fused-ring (bicyclic) bond motifs is 1. The highest BCUT2D eigenvalue weighted by molar-refractivity contribution is 7.89. The van der Waals surface area contributed by atoms with E-state index in [1.807, 2.05) is 0 Å². The van der Waals surface area contributed by atoms with E-state index < -0.39 is 10.0 Å². The number of H-pyrrole nitrogens is 1. The number of sulfonamides is 1. The van der Waals surface area contributed by atoms with Gasteiger partial charge >= 0.3 is 0 Å². The summed E-state index contributed by atoms with van der Waals surface area (Å²) >= 11 is 0. The summed E-state index contributed by atoms with van der Waals surface area (Å²) in [5.41, 5.74) is 0.587. The quantitative estimate of drug-likeness (QED) is 0.537. The van der Waals surface area contributed by atoms with E-state index in [4.69, 9.17) is 0 Å². The molecule has 0 aliphatic heterocycles. The van der Waals surface area contributed by atoms with Crippen LogP contribution in [0.3, 0.4) is 0 Å². The fourth-order valence-corrected chi connectivity index (χ4v) is 4.37. The Morgan fingerprint density at radius 1 is 1.17 bits per heavy atom. The molecule has 0 amide bonds. The third-order valence-electron chi connectivity index (χ3n) is 4.41. The maximum Gasteiger partial charge on any atom is 0.242 e. The molecule has 1 fully saturated rings. The van der Waals surface area contributed by atoms with Crippen LogP contribution in [0.2, 0.25) is 0 Å². The van der Waals surface area contributed by atoms with Crippen molar-refractivity contribution in [2.75, 3.05) is 13.1 Å². The van der Waals surface area contributed by atoms with Crippen molar-refractivity contribution in [1.82, 2.24) is 20.0 Å². The van der Waals surface area contributed by atoms with Gasteiger partial charge in [0.15, 0.2) is 0 Å². The fourth-order valence-electron chi connectivity index (χ4n) is 3.18. The van der Waals surface area contributed by atoms with Crippen molar-refractivity contribution < 1.29 is 8.42 Å². The van der Waals surface area contributed by atoms with Crippen molar-refractivity contribution in [3.8, 4) is 0 Å². The molecule has 1 saturated carbocycles. The van der Waals surface area contributed by atoms with E-state index in [0.717, 1.165) is 0 Å². The Balaban J connectivity index is 0.00000208. The minimum absolute atomic E-state index is 0. The molecule has 3 N–H and O–H groups in total. The molecule has 0 spiro atoms. The summed E-state index contributed by atoms with van der Waals surface area (Å²) in [4.78, 5) is 7.28. The first-order chi connectivity index (χ1) is 11.2. The van der Waals surface area contributed by atoms with Gasteiger partial charge in [-0.3, -0.25) is 0 Å². The van der Waals surface area contributed by atoms with Gasteiger partial charge in [-0.05, 0) is 25.0 Å². The molecule has 24 heavy (non-hydrogen) atoms. The molecule has 0 aromatic carbocycles. The second kappa shape index (κ2) is 8.80. The number of nitrogens with zero attached hydrogens (tertiary/aromatic N) is 1. The lowest BCUT2D eigenvalue weighted by molar-refractivity contribution is 0.461. The van der Waals surface area contributed by atoms with Crippen LogP contribution >= 0.6 is 12.4 Å². The van der Waals surface area contributed by atoms with Crippen LogP contribution in [0.4, 0.5) is 0 Å². The van der Waals surface area contributed by atoms with Gasteiger partial charge in [-0.25, -0.2) is 18.1 Å². The van der Waals surface area contributed by atoms with Gasteiger partial charge in [0.2, 0.25) is 10.0 Å². The van der Waals surface area contributed by atoms with Crippen LogP contribution in [-0.4, -0.2) is 37.5 Å². The Kier molecular flexibility index (Phi) is 7.03. The van der Waals surface area contributed by atoms with Crippen molar-refractivity contribution in [2.24, 2.45) is 0 Å². The third kappa shape index (κ3) is 4.69. The summed E-state index contributed by atoms with van der Waals surface area (Å²) in [6.45, 7) is 1.05. The third-order valence-corrected chi connectivity index (χ3v) is 5.91. The van der Waals surface area contributed by atoms with E-state index in [9.17, 15) is 8.42 Å². The molecule has 0 unspecified atom stereocenters. The van der Waals surface area contributed by atoms with Crippen LogP contribution in [-0.2, 0) is 10.0 Å². The molecule has 0 saturated heterocycles. The van der Waals surface area contributed by atoms with Crippen LogP contribution in [0.25, 0.3) is 11.0 Å². The minimum atomic E-state index is -3.51. The zero-order valence-electron chi connectivity index (χ0n) is 13.6. The van der Waals surface area contributed by atoms with Gasteiger partial charge in [0.25, 0.3) is 0 Å². The summed E-state index contributed by atoms with van der Waals surface area (Å²) in [6, 6.07) is 4.03. The van der Waals surface area contributed by atoms with Gasteiger partial charge in [0.1, 0.15) is 10.5 Å². The topological polar surface area (TPSA) is 86.9 Å². The molecular weight excluding hydrogens is 348 g/mol. The van der Waals surface area contributed by atoms with Gasteiger partial charge in [0.05, 0.1) is 0 Å². The van der Waals surface area contributed by atoms with Crippen LogP contribution in [0.15, 0.2) is 29.4 Å². The molecule has 0 atom stereocenters. The molecule has 2 aromatic rings. The highest BCUT2D eigenvalue weighted by Gasteiger charge is 2.19. The number of halogens is 1. The number of hydrogen-bond acceptors (Lipinski definition) is 4. The number of hydrogen-bond donors (Lipinski definition) is 3. The van der Waals surface area contributed by atoms with E-state index in [2.05, 4.69) is 20.0 Å². The van der Waals surface area contributed by atoms with E-state index >= 15 is 0 Å². The summed E-state index contributed by atoms with van der Waals surface area (Å²) in [7, 11) is -3.51. The van der Waals surface area contributed by atoms with Gasteiger partial charge in [-0.2, -0.15) is 0 Å². The first-order valence-corrected chi connectivity index (χ1v) is 9.80. The van der Waals surface area contributed by atoms with Crippen LogP contribution in [0, 0.1) is 0 Å². The smallest absolute Gasteiger partial charge is 0.242 e. The van der Waals surface area contributed by atoms with E-state index in [1.165, 1.54) is 44.7 Å². The minimum Gasteiger partial charge on any atom is -0.345 e. The average molecular weight is 373 g/mol. The SMILES string of the molecule is Cl.O=S(=O)(NCCNC1CCCCCC1)c1c[nH]c2ncccc12. The van der Waals surface area contributed by atoms with Crippen molar-refractivity contribution in [3.63, 3.8) is 0 Å². The van der Waals surface area contributed by atoms with E-state index in [-0.39, 0.29) is 17.3 Å². The maximum atomic E-state index is 12.4. The summed E-state index contributed by atoms with van der Waals surface area (Å²) in [5, 5.41) is 4.09. The second-order valence-electron chi connectivity index (χ2n) is 6.09. The lowest BCUT2D eigenvalue weighted by Crippen LogP contribution is -2.36. The molecule has 0 radical (unpaired) electrons. The second-order valence-corrected chi connectivity index (χ2v) is 7.83. The molecule has 2 heterocycles. The van der Waals surface area contributed by atoms with Crippen molar-refractivity contribution in [2.45, 2.75) is 49.5 Å². The highest BCUT2D eigenvalue weighted by Crippen LogP contribution is 2.20. The maximum absolute atomic E-state index is 12.4. The lowest BCUT2D eigenvalue weighted by Gasteiger charge is -2.16. The van der Waals surface area contributed by atoms with Crippen LogP contribution in [0.1, 0.15) is 38.5 Å². The van der Waals surface area contributed by atoms with Gasteiger partial charge in [-0.1, -0.05) is 25.7 Å². The molecule has 6 nitrogen and oxygen atoms in total. The Morgan fingerprint density at radius 3 is 2.67 bits per heavy atom. The van der Waals surface area contributed by atoms with E-state index in [0.29, 0.717) is 30.2 Å². The summed E-state index contributed by atoms with van der Waals surface area (Å²) in [6.07, 6.45) is 10.7. The first-order valence-electron chi connectivity index (χ1n) is 8.32. The number of pyridine rings is 1. The Bertz CT molecular complexity index is 739. The number of aromatic amines is 1. The number of rotatable bonds is 6. The number of nitrogens with one attached hydrogen (secondary N) is 3. The fraction of sp³-hybridized carbons (Fsp3) is 0.562. The van der Waals surface area contributed by atoms with Crippen molar-refractivity contribution in [1.29, 1.82) is 0 Å². The Labute approximate surface area is 149 Å². The normalized spacial score (nSPS) is 16.7. The molecule has 8 heteroatoms. The monoisotopic (exact) mass is 372 g/mol.